The number of nitrogens with one attached hydrogen (secondary N) is 2. The molecule has 1 unspecified atom stereocenters. The van der Waals surface area contributed by atoms with Crippen LogP contribution in [0, 0.1) is 0 Å². The highest BCUT2D eigenvalue weighted by atomic mass is 16.3. The predicted molar refractivity (Wildman–Crippen MR) is 89.3 cm³/mol. The van der Waals surface area contributed by atoms with Crippen LogP contribution >= 0.6 is 0 Å². The predicted octanol–water partition coefficient (Wildman–Crippen LogP) is 2.73. The van der Waals surface area contributed by atoms with Crippen LogP contribution in [0.4, 0.5) is 0 Å². The Bertz CT molecular complexity index is 851. The summed E-state index contributed by atoms with van der Waals surface area (Å²) in [6.07, 6.45) is 1.48. The molecule has 1 amide bonds. The molecule has 1 atom stereocenters. The number of H-pyrrole nitrogens is 1. The van der Waals surface area contributed by atoms with E-state index in [1.165, 1.54) is 0 Å². The van der Waals surface area contributed by atoms with Gasteiger partial charge < -0.3 is 15.4 Å². The average molecular weight is 306 g/mol. The second-order valence-electron chi connectivity index (χ2n) is 6.14. The fraction of sp³-hybridized carbons (Fsp3) is 0.211. The topological polar surface area (TPSA) is 65.1 Å². The van der Waals surface area contributed by atoms with Gasteiger partial charge in [-0.1, -0.05) is 42.5 Å². The molecule has 0 radical (unpaired) electrons. The second kappa shape index (κ2) is 5.25. The van der Waals surface area contributed by atoms with Crippen LogP contribution in [0.2, 0.25) is 0 Å². The minimum atomic E-state index is -0.974. The monoisotopic (exact) mass is 306 g/mol. The summed E-state index contributed by atoms with van der Waals surface area (Å²) in [6, 6.07) is 17.5. The molecule has 4 nitrogen and oxygen atoms in total. The van der Waals surface area contributed by atoms with Crippen molar-refractivity contribution in [2.75, 3.05) is 6.54 Å². The van der Waals surface area contributed by atoms with Crippen LogP contribution in [-0.2, 0) is 12.0 Å². The minimum Gasteiger partial charge on any atom is -0.383 e. The van der Waals surface area contributed by atoms with E-state index in [0.717, 1.165) is 28.5 Å². The fourth-order valence-electron chi connectivity index (χ4n) is 3.37. The zero-order chi connectivity index (χ0) is 15.9. The van der Waals surface area contributed by atoms with Crippen LogP contribution in [0.25, 0.3) is 10.9 Å². The van der Waals surface area contributed by atoms with Crippen LogP contribution in [0.5, 0.6) is 0 Å². The van der Waals surface area contributed by atoms with Crippen molar-refractivity contribution in [3.05, 3.63) is 71.4 Å². The maximum atomic E-state index is 12.4. The highest BCUT2D eigenvalue weighted by molar-refractivity contribution is 5.98. The van der Waals surface area contributed by atoms with E-state index in [4.69, 9.17) is 0 Å². The molecule has 3 aromatic rings. The first-order valence-electron chi connectivity index (χ1n) is 7.82. The van der Waals surface area contributed by atoms with Crippen LogP contribution in [0.15, 0.2) is 54.6 Å². The summed E-state index contributed by atoms with van der Waals surface area (Å²) in [7, 11) is 0. The lowest BCUT2D eigenvalue weighted by atomic mass is 9.96. The number of fused-ring (bicyclic) bond motifs is 2. The summed E-state index contributed by atoms with van der Waals surface area (Å²) in [6.45, 7) is 0.220. The fourth-order valence-corrected chi connectivity index (χ4v) is 3.37. The summed E-state index contributed by atoms with van der Waals surface area (Å²) in [5.74, 6) is -0.195. The van der Waals surface area contributed by atoms with E-state index in [1.54, 1.807) is 0 Å². The first-order valence-corrected chi connectivity index (χ1v) is 7.82. The standard InChI is InChI=1S/C19H18N2O2/c22-18(17-11-14-6-2-4-8-16(14)21-17)20-12-19(23)10-9-13-5-1-3-7-15(13)19/h1-8,11,21,23H,9-10,12H2,(H,20,22). The third-order valence-corrected chi connectivity index (χ3v) is 4.64. The number of carbonyl (C=O) groups is 1. The van der Waals surface area contributed by atoms with Gasteiger partial charge in [0.05, 0.1) is 6.54 Å². The first kappa shape index (κ1) is 14.0. The molecule has 1 aliphatic carbocycles. The van der Waals surface area contributed by atoms with E-state index in [0.29, 0.717) is 12.1 Å². The zero-order valence-electron chi connectivity index (χ0n) is 12.7. The Balaban J connectivity index is 1.52. The molecule has 1 aromatic heterocycles. The number of aryl methyl sites for hydroxylation is 1. The SMILES string of the molecule is O=C(NCC1(O)CCc2ccccc21)c1cc2ccccc2[nH]1. The summed E-state index contributed by atoms with van der Waals surface area (Å²) < 4.78 is 0. The average Bonchev–Trinajstić information content (AvgIpc) is 3.15. The van der Waals surface area contributed by atoms with Crippen molar-refractivity contribution in [3.63, 3.8) is 0 Å². The highest BCUT2D eigenvalue weighted by Gasteiger charge is 2.36. The van der Waals surface area contributed by atoms with E-state index in [2.05, 4.69) is 10.3 Å². The Hall–Kier alpha value is -2.59. The van der Waals surface area contributed by atoms with Gasteiger partial charge in [-0.3, -0.25) is 4.79 Å². The molecule has 4 rings (SSSR count). The number of para-hydroxylation sites is 1. The molecule has 0 fully saturated rings. The lowest BCUT2D eigenvalue weighted by Gasteiger charge is -2.24. The van der Waals surface area contributed by atoms with Gasteiger partial charge in [-0.05, 0) is 36.1 Å². The van der Waals surface area contributed by atoms with Gasteiger partial charge in [0.15, 0.2) is 0 Å². The van der Waals surface area contributed by atoms with Crippen molar-refractivity contribution < 1.29 is 9.90 Å². The molecule has 0 saturated carbocycles. The Labute approximate surface area is 134 Å². The zero-order valence-corrected chi connectivity index (χ0v) is 12.7. The summed E-state index contributed by atoms with van der Waals surface area (Å²) in [5.41, 5.74) is 2.56. The number of hydrogen-bond donors (Lipinski definition) is 3. The lowest BCUT2D eigenvalue weighted by Crippen LogP contribution is -2.39. The molecule has 0 saturated heterocycles. The Morgan fingerprint density at radius 3 is 2.83 bits per heavy atom. The molecule has 116 valence electrons. The number of hydrogen-bond acceptors (Lipinski definition) is 2. The summed E-state index contributed by atoms with van der Waals surface area (Å²) in [4.78, 5) is 15.5. The molecule has 2 aromatic carbocycles. The van der Waals surface area contributed by atoms with Crippen LogP contribution < -0.4 is 5.32 Å². The molecular formula is C19H18N2O2. The highest BCUT2D eigenvalue weighted by Crippen LogP contribution is 2.36. The smallest absolute Gasteiger partial charge is 0.267 e. The molecule has 4 heteroatoms. The second-order valence-corrected chi connectivity index (χ2v) is 6.14. The summed E-state index contributed by atoms with van der Waals surface area (Å²) in [5, 5.41) is 14.7. The van der Waals surface area contributed by atoms with Gasteiger partial charge in [0.25, 0.3) is 5.91 Å². The normalized spacial score (nSPS) is 19.7. The lowest BCUT2D eigenvalue weighted by molar-refractivity contribution is 0.0369. The molecule has 1 aliphatic rings. The minimum absolute atomic E-state index is 0.195. The molecule has 3 N–H and O–H groups in total. The molecule has 0 spiro atoms. The van der Waals surface area contributed by atoms with E-state index in [-0.39, 0.29) is 12.5 Å². The number of aliphatic hydroxyl groups is 1. The van der Waals surface area contributed by atoms with E-state index < -0.39 is 5.60 Å². The van der Waals surface area contributed by atoms with E-state index >= 15 is 0 Å². The van der Waals surface area contributed by atoms with E-state index in [9.17, 15) is 9.90 Å². The number of aromatic nitrogens is 1. The van der Waals surface area contributed by atoms with Gasteiger partial charge in [0.2, 0.25) is 0 Å². The van der Waals surface area contributed by atoms with Crippen molar-refractivity contribution >= 4 is 16.8 Å². The molecule has 0 bridgehead atoms. The third-order valence-electron chi connectivity index (χ3n) is 4.64. The maximum absolute atomic E-state index is 12.4. The number of rotatable bonds is 3. The number of carbonyl (C=O) groups excluding carboxylic acids is 1. The molecular weight excluding hydrogens is 288 g/mol. The quantitative estimate of drug-likeness (QED) is 0.696. The summed E-state index contributed by atoms with van der Waals surface area (Å²) >= 11 is 0. The van der Waals surface area contributed by atoms with Gasteiger partial charge in [0.1, 0.15) is 11.3 Å². The molecule has 0 aliphatic heterocycles. The number of aromatic amines is 1. The van der Waals surface area contributed by atoms with Gasteiger partial charge in [-0.25, -0.2) is 0 Å². The van der Waals surface area contributed by atoms with Crippen molar-refractivity contribution in [2.45, 2.75) is 18.4 Å². The van der Waals surface area contributed by atoms with Gasteiger partial charge in [-0.15, -0.1) is 0 Å². The Morgan fingerprint density at radius 1 is 1.17 bits per heavy atom. The van der Waals surface area contributed by atoms with Crippen LogP contribution in [-0.4, -0.2) is 22.5 Å². The molecule has 1 heterocycles. The van der Waals surface area contributed by atoms with Crippen molar-refractivity contribution in [3.8, 4) is 0 Å². The Morgan fingerprint density at radius 2 is 1.96 bits per heavy atom. The van der Waals surface area contributed by atoms with Gasteiger partial charge >= 0.3 is 0 Å². The largest absolute Gasteiger partial charge is 0.383 e. The van der Waals surface area contributed by atoms with Gasteiger partial charge in [-0.2, -0.15) is 0 Å². The maximum Gasteiger partial charge on any atom is 0.267 e. The first-order chi connectivity index (χ1) is 11.2. The van der Waals surface area contributed by atoms with Crippen molar-refractivity contribution in [2.24, 2.45) is 0 Å². The Kier molecular flexibility index (Phi) is 3.20. The third kappa shape index (κ3) is 2.41. The number of amides is 1. The van der Waals surface area contributed by atoms with Crippen molar-refractivity contribution in [1.29, 1.82) is 0 Å². The van der Waals surface area contributed by atoms with Crippen LogP contribution in [0.3, 0.4) is 0 Å². The van der Waals surface area contributed by atoms with E-state index in [1.807, 2.05) is 54.6 Å². The van der Waals surface area contributed by atoms with Gasteiger partial charge in [0, 0.05) is 10.9 Å². The van der Waals surface area contributed by atoms with Crippen LogP contribution in [0.1, 0.15) is 28.0 Å². The molecule has 23 heavy (non-hydrogen) atoms. The number of benzene rings is 2. The van der Waals surface area contributed by atoms with Crippen molar-refractivity contribution in [1.82, 2.24) is 10.3 Å².